The number of hydrogen-bond acceptors (Lipinski definition) is 4. The van der Waals surface area contributed by atoms with Crippen LogP contribution in [0.1, 0.15) is 15.9 Å². The van der Waals surface area contributed by atoms with E-state index in [4.69, 9.17) is 4.74 Å². The maximum absolute atomic E-state index is 11.7. The van der Waals surface area contributed by atoms with Crippen LogP contribution in [0.15, 0.2) is 29.3 Å². The third-order valence-corrected chi connectivity index (χ3v) is 3.81. The molecule has 148 valence electrons. The van der Waals surface area contributed by atoms with Crippen molar-refractivity contribution >= 4 is 35.8 Å². The van der Waals surface area contributed by atoms with E-state index in [1.165, 1.54) is 0 Å². The lowest BCUT2D eigenvalue weighted by Crippen LogP contribution is -2.42. The van der Waals surface area contributed by atoms with Crippen LogP contribution in [-0.4, -0.2) is 77.8 Å². The molecule has 3 N–H and O–H groups in total. The highest BCUT2D eigenvalue weighted by atomic mass is 127. The van der Waals surface area contributed by atoms with Gasteiger partial charge in [-0.1, -0.05) is 12.1 Å². The zero-order valence-electron chi connectivity index (χ0n) is 16.2. The summed E-state index contributed by atoms with van der Waals surface area (Å²) in [6.45, 7) is 4.12. The first kappa shape index (κ1) is 24.6. The van der Waals surface area contributed by atoms with Crippen LogP contribution >= 0.6 is 24.0 Å². The first-order valence-electron chi connectivity index (χ1n) is 8.53. The summed E-state index contributed by atoms with van der Waals surface area (Å²) in [7, 11) is 7.17. The molecule has 8 heteroatoms. The molecule has 0 saturated heterocycles. The van der Waals surface area contributed by atoms with Gasteiger partial charge in [0.15, 0.2) is 5.96 Å². The second-order valence-corrected chi connectivity index (χ2v) is 5.75. The number of ether oxygens (including phenoxy) is 1. The SMILES string of the molecule is CN=C(NCCc1cccc(C(=O)NC)c1)NCCN(C)CCOC.I. The van der Waals surface area contributed by atoms with Gasteiger partial charge in [-0.25, -0.2) is 0 Å². The molecule has 0 aromatic heterocycles. The van der Waals surface area contributed by atoms with Crippen molar-refractivity contribution in [2.45, 2.75) is 6.42 Å². The number of halogens is 1. The summed E-state index contributed by atoms with van der Waals surface area (Å²) < 4.78 is 5.06. The van der Waals surface area contributed by atoms with E-state index in [9.17, 15) is 4.79 Å². The van der Waals surface area contributed by atoms with E-state index in [1.807, 2.05) is 24.3 Å². The van der Waals surface area contributed by atoms with Crippen LogP contribution in [0.2, 0.25) is 0 Å². The smallest absolute Gasteiger partial charge is 0.251 e. The molecular weight excluding hydrogens is 445 g/mol. The molecule has 0 heterocycles. The van der Waals surface area contributed by atoms with Crippen molar-refractivity contribution in [2.24, 2.45) is 4.99 Å². The standard InChI is InChI=1S/C18H31N5O2.HI/c1-19-17(24)16-7-5-6-15(14-16)8-9-21-18(20-2)22-10-11-23(3)12-13-25-4;/h5-7,14H,8-13H2,1-4H3,(H,19,24)(H2,20,21,22);1H. The van der Waals surface area contributed by atoms with E-state index < -0.39 is 0 Å². The van der Waals surface area contributed by atoms with Crippen molar-refractivity contribution in [3.05, 3.63) is 35.4 Å². The zero-order valence-corrected chi connectivity index (χ0v) is 18.5. The van der Waals surface area contributed by atoms with Gasteiger partial charge >= 0.3 is 0 Å². The van der Waals surface area contributed by atoms with Gasteiger partial charge < -0.3 is 25.6 Å². The van der Waals surface area contributed by atoms with Crippen LogP contribution in [-0.2, 0) is 11.2 Å². The molecule has 0 saturated carbocycles. The fourth-order valence-electron chi connectivity index (χ4n) is 2.28. The van der Waals surface area contributed by atoms with Crippen molar-refractivity contribution in [3.63, 3.8) is 0 Å². The predicted molar refractivity (Wildman–Crippen MR) is 118 cm³/mol. The van der Waals surface area contributed by atoms with E-state index in [0.717, 1.165) is 50.7 Å². The Kier molecular flexibility index (Phi) is 14.0. The van der Waals surface area contributed by atoms with E-state index in [-0.39, 0.29) is 29.9 Å². The first-order chi connectivity index (χ1) is 12.1. The number of carbonyl (C=O) groups is 1. The number of methoxy groups -OCH3 is 1. The van der Waals surface area contributed by atoms with Crippen molar-refractivity contribution < 1.29 is 9.53 Å². The van der Waals surface area contributed by atoms with Crippen LogP contribution < -0.4 is 16.0 Å². The molecule has 0 aliphatic heterocycles. The summed E-state index contributed by atoms with van der Waals surface area (Å²) in [6, 6.07) is 7.66. The highest BCUT2D eigenvalue weighted by molar-refractivity contribution is 14.0. The second-order valence-electron chi connectivity index (χ2n) is 5.75. The fourth-order valence-corrected chi connectivity index (χ4v) is 2.28. The topological polar surface area (TPSA) is 78.0 Å². The van der Waals surface area contributed by atoms with Crippen LogP contribution in [0.5, 0.6) is 0 Å². The summed E-state index contributed by atoms with van der Waals surface area (Å²) in [4.78, 5) is 18.1. The monoisotopic (exact) mass is 477 g/mol. The van der Waals surface area contributed by atoms with Gasteiger partial charge in [0.25, 0.3) is 5.91 Å². The lowest BCUT2D eigenvalue weighted by molar-refractivity contribution is 0.0963. The van der Waals surface area contributed by atoms with Crippen LogP contribution in [0.3, 0.4) is 0 Å². The Morgan fingerprint density at radius 3 is 2.62 bits per heavy atom. The average Bonchev–Trinajstić information content (AvgIpc) is 2.64. The normalized spacial score (nSPS) is 11.0. The van der Waals surface area contributed by atoms with Gasteiger partial charge in [0, 0.05) is 52.9 Å². The number of nitrogens with one attached hydrogen (secondary N) is 3. The number of carbonyl (C=O) groups excluding carboxylic acids is 1. The molecule has 1 amide bonds. The summed E-state index contributed by atoms with van der Waals surface area (Å²) in [5.74, 6) is 0.715. The van der Waals surface area contributed by atoms with Gasteiger partial charge in [0.05, 0.1) is 6.61 Å². The summed E-state index contributed by atoms with van der Waals surface area (Å²) in [5.41, 5.74) is 1.80. The molecule has 0 fully saturated rings. The van der Waals surface area contributed by atoms with Gasteiger partial charge in [0.1, 0.15) is 0 Å². The Morgan fingerprint density at radius 2 is 1.96 bits per heavy atom. The molecular formula is C18H32IN5O2. The maximum Gasteiger partial charge on any atom is 0.251 e. The predicted octanol–water partition coefficient (Wildman–Crippen LogP) is 0.950. The molecule has 0 spiro atoms. The Balaban J connectivity index is 0.00000625. The van der Waals surface area contributed by atoms with E-state index in [2.05, 4.69) is 32.9 Å². The average molecular weight is 477 g/mol. The van der Waals surface area contributed by atoms with Crippen LogP contribution in [0, 0.1) is 0 Å². The Labute approximate surface area is 174 Å². The van der Waals surface area contributed by atoms with E-state index in [0.29, 0.717) is 5.56 Å². The van der Waals surface area contributed by atoms with Crippen molar-refractivity contribution in [1.29, 1.82) is 0 Å². The van der Waals surface area contributed by atoms with Crippen molar-refractivity contribution in [1.82, 2.24) is 20.9 Å². The molecule has 26 heavy (non-hydrogen) atoms. The maximum atomic E-state index is 11.7. The highest BCUT2D eigenvalue weighted by Crippen LogP contribution is 2.05. The minimum Gasteiger partial charge on any atom is -0.383 e. The quantitative estimate of drug-likeness (QED) is 0.266. The van der Waals surface area contributed by atoms with Crippen molar-refractivity contribution in [3.8, 4) is 0 Å². The third kappa shape index (κ3) is 9.93. The van der Waals surface area contributed by atoms with Crippen LogP contribution in [0.4, 0.5) is 0 Å². The second kappa shape index (κ2) is 14.7. The number of amides is 1. The molecule has 0 bridgehead atoms. The summed E-state index contributed by atoms with van der Waals surface area (Å²) in [6.07, 6.45) is 0.819. The van der Waals surface area contributed by atoms with Gasteiger partial charge in [0.2, 0.25) is 0 Å². The zero-order chi connectivity index (χ0) is 18.5. The number of rotatable bonds is 10. The number of nitrogens with zero attached hydrogens (tertiary/aromatic N) is 2. The summed E-state index contributed by atoms with van der Waals surface area (Å²) >= 11 is 0. The molecule has 0 radical (unpaired) electrons. The Bertz CT molecular complexity index is 554. The number of aliphatic imine (C=N–C) groups is 1. The molecule has 1 aromatic rings. The fraction of sp³-hybridized carbons (Fsp3) is 0.556. The molecule has 7 nitrogen and oxygen atoms in total. The Morgan fingerprint density at radius 1 is 1.23 bits per heavy atom. The van der Waals surface area contributed by atoms with E-state index in [1.54, 1.807) is 21.2 Å². The van der Waals surface area contributed by atoms with Crippen LogP contribution in [0.25, 0.3) is 0 Å². The first-order valence-corrected chi connectivity index (χ1v) is 8.53. The number of guanidine groups is 1. The third-order valence-electron chi connectivity index (χ3n) is 3.81. The number of likely N-dealkylation sites (N-methyl/N-ethyl adjacent to an activating group) is 1. The molecule has 0 atom stereocenters. The van der Waals surface area contributed by atoms with E-state index >= 15 is 0 Å². The van der Waals surface area contributed by atoms with Gasteiger partial charge in [-0.05, 0) is 31.2 Å². The Hall–Kier alpha value is -1.39. The minimum absolute atomic E-state index is 0. The molecule has 0 aliphatic rings. The van der Waals surface area contributed by atoms with Crippen molar-refractivity contribution in [2.75, 3.05) is 61.0 Å². The molecule has 1 aromatic carbocycles. The lowest BCUT2D eigenvalue weighted by atomic mass is 10.1. The number of hydrogen-bond donors (Lipinski definition) is 3. The molecule has 0 unspecified atom stereocenters. The van der Waals surface area contributed by atoms with Gasteiger partial charge in [-0.3, -0.25) is 9.79 Å². The molecule has 0 aliphatic carbocycles. The number of benzene rings is 1. The largest absolute Gasteiger partial charge is 0.383 e. The summed E-state index contributed by atoms with van der Waals surface area (Å²) in [5, 5.41) is 9.23. The van der Waals surface area contributed by atoms with Gasteiger partial charge in [-0.15, -0.1) is 24.0 Å². The molecule has 1 rings (SSSR count). The lowest BCUT2D eigenvalue weighted by Gasteiger charge is -2.17. The van der Waals surface area contributed by atoms with Gasteiger partial charge in [-0.2, -0.15) is 0 Å². The minimum atomic E-state index is -0.0649. The highest BCUT2D eigenvalue weighted by Gasteiger charge is 2.04.